The molecule has 0 aliphatic heterocycles. The zero-order valence-corrected chi connectivity index (χ0v) is 15.6. The van der Waals surface area contributed by atoms with E-state index in [2.05, 4.69) is 0 Å². The molecule has 4 nitrogen and oxygen atoms in total. The second kappa shape index (κ2) is 7.59. The van der Waals surface area contributed by atoms with Gasteiger partial charge in [-0.1, -0.05) is 41.9 Å². The molecule has 0 heterocycles. The van der Waals surface area contributed by atoms with Crippen molar-refractivity contribution in [2.75, 3.05) is 12.9 Å². The summed E-state index contributed by atoms with van der Waals surface area (Å²) in [7, 11) is -4.05. The van der Waals surface area contributed by atoms with Gasteiger partial charge in [-0.05, 0) is 43.0 Å². The normalized spacial score (nSPS) is 14.0. The number of carbonyl (C=O) groups is 1. The van der Waals surface area contributed by atoms with Gasteiger partial charge in [0, 0.05) is 5.02 Å². The third kappa shape index (κ3) is 3.18. The number of rotatable bonds is 6. The first-order valence-electron chi connectivity index (χ1n) is 7.18. The van der Waals surface area contributed by atoms with Crippen molar-refractivity contribution in [3.05, 3.63) is 65.2 Å². The fourth-order valence-corrected chi connectivity index (χ4v) is 5.82. The van der Waals surface area contributed by atoms with E-state index in [0.29, 0.717) is 10.6 Å². The van der Waals surface area contributed by atoms with Crippen LogP contribution in [0.25, 0.3) is 0 Å². The lowest BCUT2D eigenvalue weighted by molar-refractivity contribution is -0.143. The van der Waals surface area contributed by atoms with Crippen LogP contribution in [0.5, 0.6) is 0 Å². The lowest BCUT2D eigenvalue weighted by Gasteiger charge is -2.29. The topological polar surface area (TPSA) is 60.4 Å². The van der Waals surface area contributed by atoms with E-state index in [9.17, 15) is 13.2 Å². The average Bonchev–Trinajstić information content (AvgIpc) is 2.58. The zero-order valence-electron chi connectivity index (χ0n) is 13.2. The van der Waals surface area contributed by atoms with Gasteiger partial charge in [0.15, 0.2) is 0 Å². The number of carbonyl (C=O) groups excluding carboxylic acids is 1. The van der Waals surface area contributed by atoms with Gasteiger partial charge in [0.1, 0.15) is 0 Å². The van der Waals surface area contributed by atoms with Gasteiger partial charge in [-0.25, -0.2) is 13.2 Å². The number of thioether (sulfide) groups is 1. The van der Waals surface area contributed by atoms with Crippen LogP contribution >= 0.6 is 23.4 Å². The summed E-state index contributed by atoms with van der Waals surface area (Å²) in [5.74, 6) is -0.816. The molecule has 2 aromatic rings. The van der Waals surface area contributed by atoms with Crippen LogP contribution in [0.15, 0.2) is 59.5 Å². The fraction of sp³-hybridized carbons (Fsp3) is 0.235. The number of hydrogen-bond acceptors (Lipinski definition) is 5. The molecule has 0 aromatic heterocycles. The summed E-state index contributed by atoms with van der Waals surface area (Å²) in [5.41, 5.74) is 0.307. The van der Waals surface area contributed by atoms with Crippen LogP contribution in [-0.2, 0) is 23.4 Å². The third-order valence-electron chi connectivity index (χ3n) is 3.49. The smallest absolute Gasteiger partial charge is 0.342 e. The van der Waals surface area contributed by atoms with Crippen molar-refractivity contribution >= 4 is 39.2 Å². The highest BCUT2D eigenvalue weighted by Gasteiger charge is 2.54. The maximum Gasteiger partial charge on any atom is 0.342 e. The average molecular weight is 385 g/mol. The molecule has 0 radical (unpaired) electrons. The van der Waals surface area contributed by atoms with Gasteiger partial charge in [0.2, 0.25) is 13.9 Å². The first-order chi connectivity index (χ1) is 11.4. The minimum absolute atomic E-state index is 0.0577. The molecule has 0 saturated heterocycles. The number of esters is 1. The number of ether oxygens (including phenoxy) is 1. The van der Waals surface area contributed by atoms with Gasteiger partial charge >= 0.3 is 5.97 Å². The summed E-state index contributed by atoms with van der Waals surface area (Å²) < 4.78 is 29.9. The molecular formula is C17H17ClO4S2. The molecule has 2 aromatic carbocycles. The summed E-state index contributed by atoms with van der Waals surface area (Å²) in [6, 6.07) is 14.1. The quantitative estimate of drug-likeness (QED) is 0.707. The Morgan fingerprint density at radius 2 is 1.71 bits per heavy atom. The maximum absolute atomic E-state index is 13.3. The molecular weight excluding hydrogens is 368 g/mol. The van der Waals surface area contributed by atoms with Crippen molar-refractivity contribution in [2.24, 2.45) is 0 Å². The second-order valence-corrected chi connectivity index (χ2v) is 8.67. The lowest BCUT2D eigenvalue weighted by atomic mass is 10.1. The Morgan fingerprint density at radius 1 is 1.12 bits per heavy atom. The zero-order chi connectivity index (χ0) is 17.8. The molecule has 1 unspecified atom stereocenters. The van der Waals surface area contributed by atoms with Crippen LogP contribution in [0.3, 0.4) is 0 Å². The Kier molecular flexibility index (Phi) is 5.96. The molecule has 24 heavy (non-hydrogen) atoms. The molecule has 0 aliphatic rings. The fourth-order valence-electron chi connectivity index (χ4n) is 2.35. The SMILES string of the molecule is CCOC(=O)C(SC)(c1ccc(Cl)cc1)S(=O)(=O)c1ccccc1. The first kappa shape index (κ1) is 18.8. The first-order valence-corrected chi connectivity index (χ1v) is 10.3. The maximum atomic E-state index is 13.3. The molecule has 2 rings (SSSR count). The van der Waals surface area contributed by atoms with Gasteiger partial charge in [-0.15, -0.1) is 11.8 Å². The standard InChI is InChI=1S/C17H17ClO4S2/c1-3-22-16(19)17(23-2,13-9-11-14(18)12-10-13)24(20,21)15-7-5-4-6-8-15/h4-12H,3H2,1-2H3. The lowest BCUT2D eigenvalue weighted by Crippen LogP contribution is -2.42. The van der Waals surface area contributed by atoms with Crippen LogP contribution in [0, 0.1) is 0 Å². The molecule has 1 atom stereocenters. The number of sulfone groups is 1. The molecule has 0 saturated carbocycles. The molecule has 128 valence electrons. The summed E-state index contributed by atoms with van der Waals surface area (Å²) >= 11 is 6.83. The Balaban J connectivity index is 2.75. The number of halogens is 1. The monoisotopic (exact) mass is 384 g/mol. The molecule has 0 aliphatic carbocycles. The molecule has 0 bridgehead atoms. The van der Waals surface area contributed by atoms with Gasteiger partial charge in [-0.2, -0.15) is 0 Å². The van der Waals surface area contributed by atoms with Crippen LogP contribution in [0.4, 0.5) is 0 Å². The van der Waals surface area contributed by atoms with E-state index in [-0.39, 0.29) is 11.5 Å². The van der Waals surface area contributed by atoms with E-state index in [0.717, 1.165) is 11.8 Å². The largest absolute Gasteiger partial charge is 0.464 e. The number of benzene rings is 2. The van der Waals surface area contributed by atoms with Gasteiger partial charge in [0.25, 0.3) is 0 Å². The summed E-state index contributed by atoms with van der Waals surface area (Å²) in [4.78, 5) is 12.8. The number of hydrogen-bond donors (Lipinski definition) is 0. The Hall–Kier alpha value is -1.50. The highest BCUT2D eigenvalue weighted by molar-refractivity contribution is 8.14. The minimum atomic E-state index is -4.05. The van der Waals surface area contributed by atoms with E-state index in [4.69, 9.17) is 16.3 Å². The van der Waals surface area contributed by atoms with Gasteiger partial charge in [-0.3, -0.25) is 0 Å². The molecule has 7 heteroatoms. The second-order valence-electron chi connectivity index (χ2n) is 4.86. The van der Waals surface area contributed by atoms with Crippen LogP contribution in [-0.4, -0.2) is 27.2 Å². The molecule has 0 amide bonds. The van der Waals surface area contributed by atoms with Crippen molar-refractivity contribution in [1.29, 1.82) is 0 Å². The van der Waals surface area contributed by atoms with Crippen molar-refractivity contribution in [3.8, 4) is 0 Å². The van der Waals surface area contributed by atoms with Crippen LogP contribution < -0.4 is 0 Å². The molecule has 0 fully saturated rings. The van der Waals surface area contributed by atoms with Crippen molar-refractivity contribution in [1.82, 2.24) is 0 Å². The Bertz CT molecular complexity index is 804. The highest BCUT2D eigenvalue weighted by atomic mass is 35.5. The summed E-state index contributed by atoms with van der Waals surface area (Å²) in [5, 5.41) is 0.453. The highest BCUT2D eigenvalue weighted by Crippen LogP contribution is 2.45. The third-order valence-corrected chi connectivity index (χ3v) is 7.93. The van der Waals surface area contributed by atoms with E-state index in [1.54, 1.807) is 43.5 Å². The van der Waals surface area contributed by atoms with Gasteiger partial charge < -0.3 is 4.74 Å². The van der Waals surface area contributed by atoms with Crippen LogP contribution in [0.1, 0.15) is 12.5 Å². The van der Waals surface area contributed by atoms with E-state index < -0.39 is 19.9 Å². The van der Waals surface area contributed by atoms with E-state index in [1.165, 1.54) is 24.3 Å². The summed E-state index contributed by atoms with van der Waals surface area (Å²) in [6.45, 7) is 1.72. The Labute approximate surface area is 151 Å². The van der Waals surface area contributed by atoms with E-state index in [1.807, 2.05) is 0 Å². The summed E-state index contributed by atoms with van der Waals surface area (Å²) in [6.07, 6.45) is 1.58. The molecule has 0 N–H and O–H groups in total. The Morgan fingerprint density at radius 3 is 2.21 bits per heavy atom. The van der Waals surface area contributed by atoms with Gasteiger partial charge in [0.05, 0.1) is 11.5 Å². The van der Waals surface area contributed by atoms with Crippen LogP contribution in [0.2, 0.25) is 5.02 Å². The van der Waals surface area contributed by atoms with E-state index >= 15 is 0 Å². The predicted molar refractivity (Wildman–Crippen MR) is 96.9 cm³/mol. The minimum Gasteiger partial charge on any atom is -0.464 e. The van der Waals surface area contributed by atoms with Crippen molar-refractivity contribution < 1.29 is 17.9 Å². The van der Waals surface area contributed by atoms with Crippen molar-refractivity contribution in [3.63, 3.8) is 0 Å². The predicted octanol–water partition coefficient (Wildman–Crippen LogP) is 3.89. The molecule has 0 spiro atoms. The van der Waals surface area contributed by atoms with Crippen molar-refractivity contribution in [2.45, 2.75) is 15.9 Å².